The molecule has 3 aromatic rings. The van der Waals surface area contributed by atoms with Crippen LogP contribution in [-0.2, 0) is 4.79 Å². The van der Waals surface area contributed by atoms with Gasteiger partial charge in [-0.05, 0) is 48.5 Å². The Hall–Kier alpha value is -4.50. The van der Waals surface area contributed by atoms with E-state index in [1.165, 1.54) is 12.3 Å². The van der Waals surface area contributed by atoms with Crippen LogP contribution in [0, 0.1) is 23.2 Å². The topological polar surface area (TPSA) is 95.3 Å². The van der Waals surface area contributed by atoms with Crippen LogP contribution >= 0.6 is 0 Å². The number of amides is 2. The molecule has 1 atom stereocenters. The number of nitrogens with zero attached hydrogens (tertiary/aromatic N) is 3. The van der Waals surface area contributed by atoms with Crippen LogP contribution in [0.25, 0.3) is 10.9 Å². The van der Waals surface area contributed by atoms with Crippen molar-refractivity contribution in [1.82, 2.24) is 15.2 Å². The molecule has 2 amide bonds. The molecule has 0 saturated carbocycles. The number of carbonyl (C=O) groups excluding carboxylic acids is 2. The van der Waals surface area contributed by atoms with E-state index in [9.17, 15) is 18.4 Å². The fourth-order valence-corrected chi connectivity index (χ4v) is 3.79. The molecule has 4 rings (SSSR count). The molecule has 1 aliphatic rings. The van der Waals surface area contributed by atoms with E-state index in [1.807, 2.05) is 12.1 Å². The van der Waals surface area contributed by atoms with Gasteiger partial charge in [0.15, 0.2) is 0 Å². The van der Waals surface area contributed by atoms with Crippen LogP contribution in [0.2, 0.25) is 0 Å². The first-order valence-electron chi connectivity index (χ1n) is 10.7. The Balaban J connectivity index is 1.51. The summed E-state index contributed by atoms with van der Waals surface area (Å²) in [6.45, 7) is -1.35. The summed E-state index contributed by atoms with van der Waals surface area (Å²) in [5, 5.41) is 12.1. The number of fused-ring (bicyclic) bond motifs is 1. The normalized spacial score (nSPS) is 16.2. The number of alkyl halides is 2. The van der Waals surface area contributed by atoms with Gasteiger partial charge in [-0.25, -0.2) is 8.78 Å². The van der Waals surface area contributed by atoms with Gasteiger partial charge >= 0.3 is 0 Å². The van der Waals surface area contributed by atoms with Gasteiger partial charge in [-0.2, -0.15) is 5.26 Å². The highest BCUT2D eigenvalue weighted by Crippen LogP contribution is 2.31. The number of likely N-dealkylation sites (tertiary alicyclic amines) is 1. The van der Waals surface area contributed by atoms with Crippen LogP contribution in [0.15, 0.2) is 54.7 Å². The highest BCUT2D eigenvalue weighted by Gasteiger charge is 2.47. The van der Waals surface area contributed by atoms with Crippen molar-refractivity contribution in [3.8, 4) is 23.7 Å². The molecule has 9 heteroatoms. The lowest BCUT2D eigenvalue weighted by Crippen LogP contribution is -2.43. The van der Waals surface area contributed by atoms with Gasteiger partial charge in [0.2, 0.25) is 5.91 Å². The number of hydrogen-bond acceptors (Lipinski definition) is 5. The van der Waals surface area contributed by atoms with Gasteiger partial charge in [-0.3, -0.25) is 14.6 Å². The molecule has 1 saturated heterocycles. The van der Waals surface area contributed by atoms with Crippen molar-refractivity contribution in [3.63, 3.8) is 0 Å². The minimum absolute atomic E-state index is 0.263. The number of hydrogen-bond donors (Lipinski definition) is 1. The third-order valence-electron chi connectivity index (χ3n) is 5.57. The predicted molar refractivity (Wildman–Crippen MR) is 124 cm³/mol. The molecule has 2 heterocycles. The van der Waals surface area contributed by atoms with Crippen LogP contribution in [0.5, 0.6) is 5.75 Å². The largest absolute Gasteiger partial charge is 0.497 e. The molecule has 2 aromatic carbocycles. The number of benzene rings is 2. The highest BCUT2D eigenvalue weighted by atomic mass is 19.3. The second kappa shape index (κ2) is 9.78. The first-order valence-corrected chi connectivity index (χ1v) is 10.7. The Morgan fingerprint density at radius 1 is 1.17 bits per heavy atom. The maximum absolute atomic E-state index is 13.6. The van der Waals surface area contributed by atoms with Crippen molar-refractivity contribution in [2.75, 3.05) is 20.2 Å². The molecule has 0 spiro atoms. The lowest BCUT2D eigenvalue weighted by Gasteiger charge is -2.19. The molecule has 1 aromatic heterocycles. The molecule has 35 heavy (non-hydrogen) atoms. The Kier molecular flexibility index (Phi) is 6.61. The molecule has 0 aliphatic carbocycles. The zero-order valence-corrected chi connectivity index (χ0v) is 18.7. The van der Waals surface area contributed by atoms with Gasteiger partial charge in [0, 0.05) is 29.1 Å². The lowest BCUT2D eigenvalue weighted by molar-refractivity contribution is -0.131. The van der Waals surface area contributed by atoms with Gasteiger partial charge in [0.05, 0.1) is 37.3 Å². The fourth-order valence-electron chi connectivity index (χ4n) is 3.79. The SMILES string of the molecule is COc1ccc(C#Cc2ccc3nccc(C(=O)NCC(=O)N4CC(F)(F)CC4C#N)c3c2)cc1. The summed E-state index contributed by atoms with van der Waals surface area (Å²) in [7, 11) is 1.58. The molecular formula is C26H20F2N4O3. The molecule has 1 unspecified atom stereocenters. The first kappa shape index (κ1) is 23.7. The van der Waals surface area contributed by atoms with Crippen molar-refractivity contribution < 1.29 is 23.1 Å². The number of halogens is 2. The smallest absolute Gasteiger partial charge is 0.268 e. The summed E-state index contributed by atoms with van der Waals surface area (Å²) >= 11 is 0. The molecular weight excluding hydrogens is 454 g/mol. The van der Waals surface area contributed by atoms with Crippen LogP contribution in [0.4, 0.5) is 8.78 Å². The van der Waals surface area contributed by atoms with Crippen LogP contribution in [-0.4, -0.2) is 53.9 Å². The molecule has 1 fully saturated rings. The average molecular weight is 474 g/mol. The number of nitriles is 1. The van der Waals surface area contributed by atoms with E-state index in [1.54, 1.807) is 43.5 Å². The third kappa shape index (κ3) is 5.36. The second-order valence-corrected chi connectivity index (χ2v) is 7.98. The number of nitrogens with one attached hydrogen (secondary N) is 1. The maximum atomic E-state index is 13.6. The van der Waals surface area contributed by atoms with E-state index in [4.69, 9.17) is 10.00 Å². The van der Waals surface area contributed by atoms with Gasteiger partial charge in [0.25, 0.3) is 11.8 Å². The molecule has 1 N–H and O–H groups in total. The average Bonchev–Trinajstić information content (AvgIpc) is 3.20. The standard InChI is InChI=1S/C26H20F2N4O3/c1-35-20-7-4-17(5-8-20)2-3-18-6-9-23-22(12-18)21(10-11-30-23)25(34)31-15-24(33)32-16-26(27,28)13-19(32)14-29/h4-12,19H,13,15-16H2,1H3,(H,31,34). The summed E-state index contributed by atoms with van der Waals surface area (Å²) in [5.74, 6) is 2.40. The van der Waals surface area contributed by atoms with Crippen molar-refractivity contribution >= 4 is 22.7 Å². The van der Waals surface area contributed by atoms with E-state index in [2.05, 4.69) is 22.1 Å². The molecule has 7 nitrogen and oxygen atoms in total. The second-order valence-electron chi connectivity index (χ2n) is 7.98. The number of carbonyl (C=O) groups is 2. The summed E-state index contributed by atoms with van der Waals surface area (Å²) < 4.78 is 32.4. The molecule has 0 radical (unpaired) electrons. The number of rotatable bonds is 4. The van der Waals surface area contributed by atoms with Gasteiger partial charge < -0.3 is 15.0 Å². The summed E-state index contributed by atoms with van der Waals surface area (Å²) in [6, 6.07) is 14.5. The zero-order valence-electron chi connectivity index (χ0n) is 18.7. The summed E-state index contributed by atoms with van der Waals surface area (Å²) in [5.41, 5.74) is 2.27. The number of ether oxygens (including phenoxy) is 1. The Morgan fingerprint density at radius 2 is 1.89 bits per heavy atom. The molecule has 1 aliphatic heterocycles. The Bertz CT molecular complexity index is 1390. The van der Waals surface area contributed by atoms with Crippen molar-refractivity contribution in [2.45, 2.75) is 18.4 Å². The Labute approximate surface area is 200 Å². The van der Waals surface area contributed by atoms with Crippen LogP contribution in [0.1, 0.15) is 27.9 Å². The van der Waals surface area contributed by atoms with Crippen molar-refractivity contribution in [1.29, 1.82) is 5.26 Å². The minimum Gasteiger partial charge on any atom is -0.497 e. The van der Waals surface area contributed by atoms with E-state index in [-0.39, 0.29) is 5.56 Å². The molecule has 0 bridgehead atoms. The van der Waals surface area contributed by atoms with Crippen LogP contribution in [0.3, 0.4) is 0 Å². The summed E-state index contributed by atoms with van der Waals surface area (Å²) in [4.78, 5) is 30.3. The third-order valence-corrected chi connectivity index (χ3v) is 5.57. The minimum atomic E-state index is -3.12. The monoisotopic (exact) mass is 474 g/mol. The quantitative estimate of drug-likeness (QED) is 0.587. The Morgan fingerprint density at radius 3 is 2.60 bits per heavy atom. The fraction of sp³-hybridized carbons (Fsp3) is 0.231. The van der Waals surface area contributed by atoms with Crippen LogP contribution < -0.4 is 10.1 Å². The molecule has 176 valence electrons. The maximum Gasteiger partial charge on any atom is 0.268 e. The number of pyridine rings is 1. The summed E-state index contributed by atoms with van der Waals surface area (Å²) in [6.07, 6.45) is 0.757. The van der Waals surface area contributed by atoms with Gasteiger partial charge in [0.1, 0.15) is 11.8 Å². The van der Waals surface area contributed by atoms with E-state index >= 15 is 0 Å². The lowest BCUT2D eigenvalue weighted by atomic mass is 10.1. The van der Waals surface area contributed by atoms with E-state index in [0.717, 1.165) is 16.2 Å². The number of methoxy groups -OCH3 is 1. The van der Waals surface area contributed by atoms with E-state index in [0.29, 0.717) is 16.5 Å². The van der Waals surface area contributed by atoms with E-state index < -0.39 is 43.3 Å². The predicted octanol–water partition coefficient (Wildman–Crippen LogP) is 3.13. The van der Waals surface area contributed by atoms with Crippen molar-refractivity contribution in [3.05, 3.63) is 71.4 Å². The first-order chi connectivity index (χ1) is 16.8. The zero-order chi connectivity index (χ0) is 25.0. The highest BCUT2D eigenvalue weighted by molar-refractivity contribution is 6.07. The van der Waals surface area contributed by atoms with Gasteiger partial charge in [-0.1, -0.05) is 11.8 Å². The van der Waals surface area contributed by atoms with Crippen molar-refractivity contribution in [2.24, 2.45) is 0 Å². The number of aromatic nitrogens is 1. The van der Waals surface area contributed by atoms with Gasteiger partial charge in [-0.15, -0.1) is 0 Å².